The number of rotatable bonds is 11. The van der Waals surface area contributed by atoms with E-state index in [1.807, 2.05) is 42.5 Å². The van der Waals surface area contributed by atoms with Gasteiger partial charge in [-0.2, -0.15) is 0 Å². The van der Waals surface area contributed by atoms with Gasteiger partial charge in [-0.15, -0.1) is 0 Å². The summed E-state index contributed by atoms with van der Waals surface area (Å²) in [7, 11) is 5.97. The van der Waals surface area contributed by atoms with Gasteiger partial charge in [0, 0.05) is 30.9 Å². The summed E-state index contributed by atoms with van der Waals surface area (Å²) in [6.45, 7) is 0. The molecule has 3 aliphatic heterocycles. The number of hydrogen-bond acceptors (Lipinski definition) is 6. The summed E-state index contributed by atoms with van der Waals surface area (Å²) < 4.78 is 18.0. The Morgan fingerprint density at radius 1 is 0.978 bits per heavy atom. The number of unbranched alkanes of at least 4 members (excludes halogenated alkanes) is 1. The van der Waals surface area contributed by atoms with E-state index in [4.69, 9.17) is 25.8 Å². The lowest BCUT2D eigenvalue weighted by atomic mass is 9.96. The molecule has 0 aromatic heterocycles. The fourth-order valence-corrected chi connectivity index (χ4v) is 7.29. The maximum absolute atomic E-state index is 13.2. The number of quaternary nitrogens is 1. The number of benzene rings is 3. The number of piperidine rings is 1. The number of nitrogens with zero attached hydrogens (tertiary/aromatic N) is 1. The first kappa shape index (κ1) is 34.2. The van der Waals surface area contributed by atoms with Crippen LogP contribution in [-0.4, -0.2) is 74.4 Å². The van der Waals surface area contributed by atoms with Crippen LogP contribution in [0.4, 0.5) is 16.2 Å². The van der Waals surface area contributed by atoms with E-state index in [9.17, 15) is 14.4 Å². The minimum atomic E-state index is -0.441. The molecule has 2 N–H and O–H groups in total. The molecular weight excluding hydrogens is 721 g/mol. The highest BCUT2D eigenvalue weighted by atomic mass is 127. The highest BCUT2D eigenvalue weighted by Gasteiger charge is 2.70. The van der Waals surface area contributed by atoms with E-state index in [-0.39, 0.29) is 41.0 Å². The molecule has 3 aromatic carbocycles. The van der Waals surface area contributed by atoms with Crippen LogP contribution in [0.2, 0.25) is 5.02 Å². The third-order valence-corrected chi connectivity index (χ3v) is 9.87. The van der Waals surface area contributed by atoms with E-state index in [1.54, 1.807) is 6.07 Å². The predicted molar refractivity (Wildman–Crippen MR) is 173 cm³/mol. The van der Waals surface area contributed by atoms with Crippen molar-refractivity contribution >= 4 is 41.3 Å². The zero-order valence-corrected chi connectivity index (χ0v) is 29.0. The molecular formula is C35H39ClIN3O6. The Balaban J connectivity index is 0.00000417. The fourth-order valence-electron chi connectivity index (χ4n) is 7.07. The van der Waals surface area contributed by atoms with Crippen LogP contribution in [0.15, 0.2) is 60.7 Å². The second-order valence-corrected chi connectivity index (χ2v) is 13.1. The highest BCUT2D eigenvalue weighted by Crippen LogP contribution is 2.51. The van der Waals surface area contributed by atoms with Crippen molar-refractivity contribution in [2.45, 2.75) is 68.9 Å². The number of halogens is 2. The second kappa shape index (κ2) is 14.3. The van der Waals surface area contributed by atoms with Gasteiger partial charge in [0.25, 0.3) is 0 Å². The van der Waals surface area contributed by atoms with Crippen molar-refractivity contribution in [2.24, 2.45) is 0 Å². The van der Waals surface area contributed by atoms with Crippen molar-refractivity contribution in [3.8, 4) is 16.9 Å². The van der Waals surface area contributed by atoms with Crippen LogP contribution < -0.4 is 39.3 Å². The minimum absolute atomic E-state index is 0. The van der Waals surface area contributed by atoms with Gasteiger partial charge in [0.2, 0.25) is 5.91 Å². The Kier molecular flexibility index (Phi) is 10.6. The van der Waals surface area contributed by atoms with Crippen molar-refractivity contribution in [3.05, 3.63) is 76.8 Å². The third-order valence-electron chi connectivity index (χ3n) is 9.56. The first-order chi connectivity index (χ1) is 21.7. The van der Waals surface area contributed by atoms with Gasteiger partial charge in [0.15, 0.2) is 6.29 Å². The SMILES string of the molecule is COc1cc(NC(=O)CCCCc2ccc(-c3ccccc3)c(NC(=O)O[C@@H]3C[C@@H]4[C@H]5O[C@H]5[C@H](C3)[N+]4(C)C)c2)c(Cl)cc1C=O.[I-]. The van der Waals surface area contributed by atoms with Crippen LogP contribution in [0.25, 0.3) is 11.1 Å². The Bertz CT molecular complexity index is 1580. The molecule has 2 amide bonds. The molecule has 3 aromatic rings. The van der Waals surface area contributed by atoms with E-state index >= 15 is 0 Å². The molecule has 244 valence electrons. The molecule has 3 fully saturated rings. The average molecular weight is 760 g/mol. The molecule has 9 nitrogen and oxygen atoms in total. The van der Waals surface area contributed by atoms with Crippen LogP contribution in [0.5, 0.6) is 5.75 Å². The number of aryl methyl sites for hydroxylation is 1. The third kappa shape index (κ3) is 7.20. The zero-order chi connectivity index (χ0) is 31.7. The number of fused-ring (bicyclic) bond motifs is 5. The van der Waals surface area contributed by atoms with E-state index in [0.29, 0.717) is 66.1 Å². The maximum Gasteiger partial charge on any atom is 0.411 e. The van der Waals surface area contributed by atoms with Crippen LogP contribution >= 0.6 is 11.6 Å². The first-order valence-corrected chi connectivity index (χ1v) is 15.8. The number of likely N-dealkylation sites (N-methyl/N-ethyl adjacent to an activating group) is 1. The molecule has 0 aliphatic carbocycles. The Labute approximate surface area is 291 Å². The first-order valence-electron chi connectivity index (χ1n) is 15.4. The molecule has 2 bridgehead atoms. The van der Waals surface area contributed by atoms with E-state index in [2.05, 4.69) is 30.8 Å². The van der Waals surface area contributed by atoms with Crippen LogP contribution in [0, 0.1) is 0 Å². The summed E-state index contributed by atoms with van der Waals surface area (Å²) in [5.74, 6) is 0.168. The largest absolute Gasteiger partial charge is 1.00 e. The standard InChI is InChI=1S/C35H38ClN3O6.HI/c1-39(2)29-17-24(18-30(39)34-33(29)45-34)44-35(42)38-27-15-21(13-14-25(27)22-10-5-4-6-11-22)9-7-8-12-32(41)37-28-19-31(43-3)23(20-40)16-26(28)36;/h4-6,10-11,13-16,19-20,24,29-30,33-34H,7-9,12,17-18H2,1-3H3,(H-,37,38,40,41,42);1H/t24-,29-,30+,33-,34+;. The number of anilines is 2. The summed E-state index contributed by atoms with van der Waals surface area (Å²) in [6.07, 6.45) is 4.76. The summed E-state index contributed by atoms with van der Waals surface area (Å²) in [6, 6.07) is 19.8. The normalized spacial score (nSPS) is 23.3. The minimum Gasteiger partial charge on any atom is -1.00 e. The summed E-state index contributed by atoms with van der Waals surface area (Å²) in [5.41, 5.74) is 4.38. The number of carbonyl (C=O) groups excluding carboxylic acids is 3. The van der Waals surface area contributed by atoms with Crippen LogP contribution in [0.1, 0.15) is 48.0 Å². The number of morpholine rings is 1. The Morgan fingerprint density at radius 3 is 2.37 bits per heavy atom. The van der Waals surface area contributed by atoms with Crippen molar-refractivity contribution in [1.82, 2.24) is 0 Å². The molecule has 0 unspecified atom stereocenters. The van der Waals surface area contributed by atoms with Gasteiger partial charge >= 0.3 is 6.09 Å². The van der Waals surface area contributed by atoms with Crippen molar-refractivity contribution in [2.75, 3.05) is 31.8 Å². The number of aldehydes is 1. The van der Waals surface area contributed by atoms with E-state index in [0.717, 1.165) is 46.9 Å². The van der Waals surface area contributed by atoms with E-state index in [1.165, 1.54) is 13.2 Å². The fraction of sp³-hybridized carbons (Fsp3) is 0.400. The number of hydrogen-bond donors (Lipinski definition) is 2. The molecule has 46 heavy (non-hydrogen) atoms. The van der Waals surface area contributed by atoms with Gasteiger partial charge in [0.1, 0.15) is 36.1 Å². The van der Waals surface area contributed by atoms with E-state index < -0.39 is 6.09 Å². The van der Waals surface area contributed by atoms with Crippen molar-refractivity contribution in [1.29, 1.82) is 0 Å². The molecule has 6 rings (SSSR count). The number of nitrogens with one attached hydrogen (secondary N) is 2. The van der Waals surface area contributed by atoms with Gasteiger partial charge in [-0.1, -0.05) is 54.1 Å². The molecule has 3 saturated heterocycles. The quantitative estimate of drug-likeness (QED) is 0.102. The van der Waals surface area contributed by atoms with Crippen molar-refractivity contribution < 1.29 is 57.1 Å². The lowest BCUT2D eigenvalue weighted by Crippen LogP contribution is -3.00. The molecule has 0 radical (unpaired) electrons. The molecule has 11 heteroatoms. The van der Waals surface area contributed by atoms with Crippen LogP contribution in [-0.2, 0) is 20.7 Å². The van der Waals surface area contributed by atoms with Crippen molar-refractivity contribution in [3.63, 3.8) is 0 Å². The molecule has 5 atom stereocenters. The molecule has 0 saturated carbocycles. The number of epoxide rings is 1. The second-order valence-electron chi connectivity index (χ2n) is 12.6. The number of carbonyl (C=O) groups is 3. The van der Waals surface area contributed by atoms with Crippen LogP contribution in [0.3, 0.4) is 0 Å². The van der Waals surface area contributed by atoms with Gasteiger partial charge < -0.3 is 48.0 Å². The van der Waals surface area contributed by atoms with Gasteiger partial charge in [-0.25, -0.2) is 4.79 Å². The zero-order valence-electron chi connectivity index (χ0n) is 26.1. The van der Waals surface area contributed by atoms with Gasteiger partial charge in [0.05, 0.1) is 43.2 Å². The smallest absolute Gasteiger partial charge is 0.411 e. The lowest BCUT2D eigenvalue weighted by Gasteiger charge is -2.45. The summed E-state index contributed by atoms with van der Waals surface area (Å²) in [5, 5.41) is 6.12. The highest BCUT2D eigenvalue weighted by molar-refractivity contribution is 6.34. The average Bonchev–Trinajstić information content (AvgIpc) is 3.79. The number of methoxy groups -OCH3 is 1. The predicted octanol–water partition coefficient (Wildman–Crippen LogP) is 3.49. The lowest BCUT2D eigenvalue weighted by molar-refractivity contribution is -0.938. The molecule has 3 aliphatic rings. The molecule has 3 heterocycles. The topological polar surface area (TPSA) is 106 Å². The maximum atomic E-state index is 13.2. The number of amides is 2. The number of ether oxygens (including phenoxy) is 3. The van der Waals surface area contributed by atoms with Gasteiger partial charge in [-0.05, 0) is 42.5 Å². The summed E-state index contributed by atoms with van der Waals surface area (Å²) in [4.78, 5) is 37.0. The summed E-state index contributed by atoms with van der Waals surface area (Å²) >= 11 is 6.25. The Hall–Kier alpha value is -3.19. The molecule has 0 spiro atoms. The van der Waals surface area contributed by atoms with Gasteiger partial charge in [-0.3, -0.25) is 14.9 Å². The Morgan fingerprint density at radius 2 is 1.70 bits per heavy atom. The monoisotopic (exact) mass is 759 g/mol.